The molecule has 0 saturated carbocycles. The molecule has 0 spiro atoms. The molecule has 1 amide bonds. The lowest BCUT2D eigenvalue weighted by molar-refractivity contribution is -0.137. The van der Waals surface area contributed by atoms with E-state index in [1.807, 2.05) is 0 Å². The smallest absolute Gasteiger partial charge is 0.305 e. The highest BCUT2D eigenvalue weighted by Gasteiger charge is 2.20. The van der Waals surface area contributed by atoms with Crippen LogP contribution in [0.5, 0.6) is 0 Å². The van der Waals surface area contributed by atoms with Crippen molar-refractivity contribution in [1.29, 1.82) is 0 Å². The normalized spacial score (nSPS) is 11.9. The number of carboxylic acid groups (broad SMARTS) is 1. The molecule has 0 aliphatic rings. The van der Waals surface area contributed by atoms with Crippen LogP contribution in [-0.4, -0.2) is 45.2 Å². The number of amides is 1. The molecule has 0 aliphatic carbocycles. The van der Waals surface area contributed by atoms with E-state index in [-0.39, 0.29) is 24.1 Å². The number of nitrogens with zero attached hydrogens (tertiary/aromatic N) is 3. The van der Waals surface area contributed by atoms with Crippen LogP contribution in [0.25, 0.3) is 0 Å². The molecular formula is C11H15N3O3. The van der Waals surface area contributed by atoms with Crippen LogP contribution in [0.1, 0.15) is 29.5 Å². The molecule has 0 aromatic carbocycles. The summed E-state index contributed by atoms with van der Waals surface area (Å²) >= 11 is 0. The minimum Gasteiger partial charge on any atom is -0.481 e. The molecule has 0 radical (unpaired) electrons. The van der Waals surface area contributed by atoms with E-state index in [1.165, 1.54) is 4.90 Å². The maximum Gasteiger partial charge on any atom is 0.305 e. The third kappa shape index (κ3) is 3.51. The molecule has 1 atom stereocenters. The van der Waals surface area contributed by atoms with Crippen LogP contribution in [0.15, 0.2) is 12.1 Å². The van der Waals surface area contributed by atoms with Crippen LogP contribution < -0.4 is 0 Å². The van der Waals surface area contributed by atoms with E-state index in [9.17, 15) is 9.59 Å². The second-order valence-electron chi connectivity index (χ2n) is 3.92. The Morgan fingerprint density at radius 3 is 2.53 bits per heavy atom. The molecule has 17 heavy (non-hydrogen) atoms. The molecule has 0 fully saturated rings. The van der Waals surface area contributed by atoms with Crippen molar-refractivity contribution < 1.29 is 14.7 Å². The van der Waals surface area contributed by atoms with Crippen molar-refractivity contribution in [2.45, 2.75) is 26.3 Å². The Bertz CT molecular complexity index is 416. The summed E-state index contributed by atoms with van der Waals surface area (Å²) in [6.07, 6.45) is -0.0957. The van der Waals surface area contributed by atoms with Crippen LogP contribution in [0.3, 0.4) is 0 Å². The zero-order valence-electron chi connectivity index (χ0n) is 10.0. The third-order valence-corrected chi connectivity index (χ3v) is 2.47. The highest BCUT2D eigenvalue weighted by Crippen LogP contribution is 2.06. The molecule has 0 aliphatic heterocycles. The van der Waals surface area contributed by atoms with Gasteiger partial charge in [-0.1, -0.05) is 0 Å². The second-order valence-corrected chi connectivity index (χ2v) is 3.92. The van der Waals surface area contributed by atoms with Gasteiger partial charge < -0.3 is 10.0 Å². The summed E-state index contributed by atoms with van der Waals surface area (Å²) in [6, 6.07) is 2.88. The van der Waals surface area contributed by atoms with E-state index < -0.39 is 5.97 Å². The standard InChI is InChI=1S/C11H15N3O3/c1-7-4-5-9(13-12-7)11(17)14(3)8(2)6-10(15)16/h4-5,8H,6H2,1-3H3,(H,15,16). The van der Waals surface area contributed by atoms with Crippen molar-refractivity contribution in [2.24, 2.45) is 0 Å². The minimum atomic E-state index is -0.938. The van der Waals surface area contributed by atoms with Gasteiger partial charge in [0.1, 0.15) is 0 Å². The highest BCUT2D eigenvalue weighted by molar-refractivity contribution is 5.92. The number of hydrogen-bond acceptors (Lipinski definition) is 4. The number of aromatic nitrogens is 2. The molecule has 0 bridgehead atoms. The monoisotopic (exact) mass is 237 g/mol. The van der Waals surface area contributed by atoms with Gasteiger partial charge in [0.05, 0.1) is 12.1 Å². The zero-order valence-corrected chi connectivity index (χ0v) is 10.0. The molecule has 1 N–H and O–H groups in total. The summed E-state index contributed by atoms with van der Waals surface area (Å²) in [5.74, 6) is -1.27. The zero-order chi connectivity index (χ0) is 13.0. The number of hydrogen-bond donors (Lipinski definition) is 1. The minimum absolute atomic E-state index is 0.0957. The van der Waals surface area contributed by atoms with E-state index >= 15 is 0 Å². The van der Waals surface area contributed by atoms with Crippen LogP contribution in [0.2, 0.25) is 0 Å². The van der Waals surface area contributed by atoms with Gasteiger partial charge in [0.15, 0.2) is 5.69 Å². The first-order valence-corrected chi connectivity index (χ1v) is 5.21. The molecule has 0 saturated heterocycles. The first kappa shape index (κ1) is 13.1. The van der Waals surface area contributed by atoms with Crippen molar-refractivity contribution >= 4 is 11.9 Å². The average Bonchev–Trinajstić information content (AvgIpc) is 2.27. The van der Waals surface area contributed by atoms with Gasteiger partial charge in [-0.2, -0.15) is 5.10 Å². The maximum atomic E-state index is 11.9. The van der Waals surface area contributed by atoms with Crippen LogP contribution in [-0.2, 0) is 4.79 Å². The van der Waals surface area contributed by atoms with Gasteiger partial charge in [-0.05, 0) is 26.0 Å². The van der Waals surface area contributed by atoms with E-state index in [4.69, 9.17) is 5.11 Å². The Labute approximate surface area is 99.3 Å². The molecule has 1 unspecified atom stereocenters. The fourth-order valence-corrected chi connectivity index (χ4v) is 1.28. The average molecular weight is 237 g/mol. The number of rotatable bonds is 4. The lowest BCUT2D eigenvalue weighted by atomic mass is 10.2. The Kier molecular flexibility index (Phi) is 4.14. The lowest BCUT2D eigenvalue weighted by Crippen LogP contribution is -2.37. The van der Waals surface area contributed by atoms with Gasteiger partial charge in [0.2, 0.25) is 0 Å². The topological polar surface area (TPSA) is 83.4 Å². The SMILES string of the molecule is Cc1ccc(C(=O)N(C)C(C)CC(=O)O)nn1. The molecule has 6 heteroatoms. The molecule has 1 aromatic heterocycles. The largest absolute Gasteiger partial charge is 0.481 e. The molecular weight excluding hydrogens is 222 g/mol. The number of aliphatic carboxylic acids is 1. The first-order chi connectivity index (χ1) is 7.91. The predicted octanol–water partition coefficient (Wildman–Crippen LogP) is 0.720. The van der Waals surface area contributed by atoms with Gasteiger partial charge >= 0.3 is 5.97 Å². The second kappa shape index (κ2) is 5.38. The van der Waals surface area contributed by atoms with Crippen molar-refractivity contribution in [3.63, 3.8) is 0 Å². The van der Waals surface area contributed by atoms with Crippen molar-refractivity contribution in [1.82, 2.24) is 15.1 Å². The number of aryl methyl sites for hydroxylation is 1. The fourth-order valence-electron chi connectivity index (χ4n) is 1.28. The molecule has 6 nitrogen and oxygen atoms in total. The number of carbonyl (C=O) groups is 2. The molecule has 1 heterocycles. The Hall–Kier alpha value is -1.98. The Morgan fingerprint density at radius 2 is 2.06 bits per heavy atom. The molecule has 92 valence electrons. The Balaban J connectivity index is 2.75. The van der Waals surface area contributed by atoms with Gasteiger partial charge in [0.25, 0.3) is 5.91 Å². The van der Waals surface area contributed by atoms with Crippen molar-refractivity contribution in [2.75, 3.05) is 7.05 Å². The quantitative estimate of drug-likeness (QED) is 0.834. The number of carboxylic acids is 1. The summed E-state index contributed by atoms with van der Waals surface area (Å²) in [5.41, 5.74) is 0.943. The summed E-state index contributed by atoms with van der Waals surface area (Å²) in [6.45, 7) is 3.45. The predicted molar refractivity (Wildman–Crippen MR) is 60.6 cm³/mol. The van der Waals surface area contributed by atoms with Gasteiger partial charge in [-0.25, -0.2) is 0 Å². The van der Waals surface area contributed by atoms with E-state index in [0.29, 0.717) is 0 Å². The van der Waals surface area contributed by atoms with E-state index in [0.717, 1.165) is 5.69 Å². The Morgan fingerprint density at radius 1 is 1.41 bits per heavy atom. The third-order valence-electron chi connectivity index (χ3n) is 2.47. The summed E-state index contributed by atoms with van der Waals surface area (Å²) in [4.78, 5) is 23.8. The van der Waals surface area contributed by atoms with Gasteiger partial charge in [-0.3, -0.25) is 9.59 Å². The highest BCUT2D eigenvalue weighted by atomic mass is 16.4. The van der Waals surface area contributed by atoms with E-state index in [2.05, 4.69) is 10.2 Å². The van der Waals surface area contributed by atoms with Crippen LogP contribution in [0.4, 0.5) is 0 Å². The summed E-state index contributed by atoms with van der Waals surface area (Å²) in [7, 11) is 1.55. The molecule has 1 aromatic rings. The van der Waals surface area contributed by atoms with Crippen LogP contribution >= 0.6 is 0 Å². The molecule has 1 rings (SSSR count). The van der Waals surface area contributed by atoms with Crippen molar-refractivity contribution in [3.8, 4) is 0 Å². The van der Waals surface area contributed by atoms with Crippen LogP contribution in [0, 0.1) is 6.92 Å². The van der Waals surface area contributed by atoms with Gasteiger partial charge in [-0.15, -0.1) is 5.10 Å². The van der Waals surface area contributed by atoms with E-state index in [1.54, 1.807) is 33.0 Å². The fraction of sp³-hybridized carbons (Fsp3) is 0.455. The number of carbonyl (C=O) groups excluding carboxylic acids is 1. The lowest BCUT2D eigenvalue weighted by Gasteiger charge is -2.22. The van der Waals surface area contributed by atoms with Crippen molar-refractivity contribution in [3.05, 3.63) is 23.5 Å². The first-order valence-electron chi connectivity index (χ1n) is 5.21. The summed E-state index contributed by atoms with van der Waals surface area (Å²) < 4.78 is 0. The van der Waals surface area contributed by atoms with Gasteiger partial charge in [0, 0.05) is 13.1 Å². The summed E-state index contributed by atoms with van der Waals surface area (Å²) in [5, 5.41) is 16.2. The maximum absolute atomic E-state index is 11.9.